The molecule has 1 aromatic heterocycles. The molecule has 0 bridgehead atoms. The zero-order chi connectivity index (χ0) is 12.4. The Morgan fingerprint density at radius 1 is 1.53 bits per heavy atom. The van der Waals surface area contributed by atoms with Crippen LogP contribution < -0.4 is 16.6 Å². The van der Waals surface area contributed by atoms with Gasteiger partial charge in [0, 0.05) is 5.56 Å². The summed E-state index contributed by atoms with van der Waals surface area (Å²) in [6.45, 7) is 5.87. The van der Waals surface area contributed by atoms with E-state index in [9.17, 15) is 0 Å². The van der Waals surface area contributed by atoms with Crippen molar-refractivity contribution >= 4 is 5.96 Å². The normalized spacial score (nSPS) is 18.0. The van der Waals surface area contributed by atoms with E-state index in [2.05, 4.69) is 20.9 Å². The number of hydrazine groups is 1. The maximum atomic E-state index is 5.44. The minimum atomic E-state index is 0.0646. The third-order valence-corrected chi connectivity index (χ3v) is 2.87. The van der Waals surface area contributed by atoms with Crippen LogP contribution in [0.25, 0.3) is 0 Å². The molecule has 0 saturated heterocycles. The van der Waals surface area contributed by atoms with E-state index in [1.54, 1.807) is 0 Å². The highest BCUT2D eigenvalue weighted by Gasteiger charge is 2.22. The van der Waals surface area contributed by atoms with Crippen molar-refractivity contribution in [1.82, 2.24) is 15.9 Å². The van der Waals surface area contributed by atoms with E-state index in [4.69, 9.17) is 10.4 Å². The predicted octanol–water partition coefficient (Wildman–Crippen LogP) is 0.924. The van der Waals surface area contributed by atoms with Crippen LogP contribution in [0.4, 0.5) is 0 Å². The highest BCUT2D eigenvalue weighted by Crippen LogP contribution is 2.24. The number of guanidine groups is 1. The number of rotatable bonds is 3. The Balaban J connectivity index is 2.07. The SMILES string of the molecule is Cc1noc(C)c1C(C)NC(=NC1CC1)NN. The Morgan fingerprint density at radius 3 is 2.71 bits per heavy atom. The van der Waals surface area contributed by atoms with Gasteiger partial charge in [-0.25, -0.2) is 10.8 Å². The standard InChI is InChI=1S/C11H19N5O/c1-6(10-7(2)16-17-8(10)3)13-11(15-12)14-9-4-5-9/h6,9H,4-5,12H2,1-3H3,(H2,13,14,15). The Hall–Kier alpha value is -1.56. The Kier molecular flexibility index (Phi) is 3.33. The van der Waals surface area contributed by atoms with Crippen molar-refractivity contribution in [2.45, 2.75) is 45.7 Å². The van der Waals surface area contributed by atoms with Gasteiger partial charge in [0.05, 0.1) is 17.8 Å². The van der Waals surface area contributed by atoms with Crippen LogP contribution >= 0.6 is 0 Å². The topological polar surface area (TPSA) is 88.5 Å². The molecular formula is C11H19N5O. The average Bonchev–Trinajstić information content (AvgIpc) is 3.03. The van der Waals surface area contributed by atoms with E-state index in [0.29, 0.717) is 12.0 Å². The number of aliphatic imine (C=N–C) groups is 1. The summed E-state index contributed by atoms with van der Waals surface area (Å²) in [6.07, 6.45) is 2.29. The monoisotopic (exact) mass is 237 g/mol. The quantitative estimate of drug-likeness (QED) is 0.315. The molecule has 4 N–H and O–H groups in total. The molecule has 1 aliphatic carbocycles. The summed E-state index contributed by atoms with van der Waals surface area (Å²) in [5.74, 6) is 6.89. The third kappa shape index (κ3) is 2.76. The molecule has 1 heterocycles. The second-order valence-corrected chi connectivity index (χ2v) is 4.46. The first kappa shape index (κ1) is 11.9. The van der Waals surface area contributed by atoms with Crippen LogP contribution in [0.1, 0.15) is 42.8 Å². The van der Waals surface area contributed by atoms with Crippen molar-refractivity contribution in [1.29, 1.82) is 0 Å². The summed E-state index contributed by atoms with van der Waals surface area (Å²) < 4.78 is 5.14. The maximum absolute atomic E-state index is 5.44. The average molecular weight is 237 g/mol. The molecule has 0 aromatic carbocycles. The largest absolute Gasteiger partial charge is 0.361 e. The van der Waals surface area contributed by atoms with Gasteiger partial charge >= 0.3 is 0 Å². The van der Waals surface area contributed by atoms with Gasteiger partial charge in [0.2, 0.25) is 5.96 Å². The van der Waals surface area contributed by atoms with Crippen molar-refractivity contribution in [2.24, 2.45) is 10.8 Å². The Morgan fingerprint density at radius 2 is 2.24 bits per heavy atom. The number of hydrogen-bond donors (Lipinski definition) is 3. The van der Waals surface area contributed by atoms with Crippen LogP contribution in [-0.2, 0) is 0 Å². The van der Waals surface area contributed by atoms with E-state index in [1.807, 2.05) is 20.8 Å². The summed E-state index contributed by atoms with van der Waals surface area (Å²) in [5, 5.41) is 7.17. The first-order valence-electron chi connectivity index (χ1n) is 5.85. The lowest BCUT2D eigenvalue weighted by Gasteiger charge is -2.16. The molecule has 1 saturated carbocycles. The molecule has 0 radical (unpaired) electrons. The lowest BCUT2D eigenvalue weighted by Crippen LogP contribution is -2.43. The van der Waals surface area contributed by atoms with Gasteiger partial charge in [-0.15, -0.1) is 0 Å². The minimum Gasteiger partial charge on any atom is -0.361 e. The van der Waals surface area contributed by atoms with Gasteiger partial charge in [-0.05, 0) is 33.6 Å². The maximum Gasteiger partial charge on any atom is 0.206 e. The second kappa shape index (κ2) is 4.75. The van der Waals surface area contributed by atoms with Crippen molar-refractivity contribution in [3.63, 3.8) is 0 Å². The highest BCUT2D eigenvalue weighted by atomic mass is 16.5. The molecule has 0 aliphatic heterocycles. The highest BCUT2D eigenvalue weighted by molar-refractivity contribution is 5.80. The van der Waals surface area contributed by atoms with E-state index < -0.39 is 0 Å². The van der Waals surface area contributed by atoms with E-state index >= 15 is 0 Å². The van der Waals surface area contributed by atoms with Crippen molar-refractivity contribution < 1.29 is 4.52 Å². The van der Waals surface area contributed by atoms with Crippen molar-refractivity contribution in [2.75, 3.05) is 0 Å². The smallest absolute Gasteiger partial charge is 0.206 e. The number of nitrogens with zero attached hydrogens (tertiary/aromatic N) is 2. The summed E-state index contributed by atoms with van der Waals surface area (Å²) in [7, 11) is 0. The number of nitrogens with two attached hydrogens (primary N) is 1. The molecule has 6 nitrogen and oxygen atoms in total. The first-order chi connectivity index (χ1) is 8.11. The van der Waals surface area contributed by atoms with Crippen LogP contribution in [0, 0.1) is 13.8 Å². The fourth-order valence-corrected chi connectivity index (χ4v) is 1.89. The number of nitrogens with one attached hydrogen (secondary N) is 2. The fourth-order valence-electron chi connectivity index (χ4n) is 1.89. The fraction of sp³-hybridized carbons (Fsp3) is 0.636. The van der Waals surface area contributed by atoms with Crippen LogP contribution in [-0.4, -0.2) is 17.2 Å². The van der Waals surface area contributed by atoms with Crippen LogP contribution in [0.3, 0.4) is 0 Å². The molecule has 17 heavy (non-hydrogen) atoms. The predicted molar refractivity (Wildman–Crippen MR) is 65.3 cm³/mol. The molecule has 6 heteroatoms. The molecule has 0 amide bonds. The number of hydrogen-bond acceptors (Lipinski definition) is 4. The van der Waals surface area contributed by atoms with Crippen molar-refractivity contribution in [3.8, 4) is 0 Å². The van der Waals surface area contributed by atoms with Crippen molar-refractivity contribution in [3.05, 3.63) is 17.0 Å². The Bertz CT molecular complexity index is 402. The summed E-state index contributed by atoms with van der Waals surface area (Å²) in [5.41, 5.74) is 4.55. The minimum absolute atomic E-state index is 0.0646. The van der Waals surface area contributed by atoms with Crippen LogP contribution in [0.2, 0.25) is 0 Å². The van der Waals surface area contributed by atoms with Gasteiger partial charge in [0.15, 0.2) is 0 Å². The lowest BCUT2D eigenvalue weighted by atomic mass is 10.1. The van der Waals surface area contributed by atoms with Gasteiger partial charge in [0.25, 0.3) is 0 Å². The molecule has 1 aliphatic rings. The van der Waals surface area contributed by atoms with E-state index in [0.717, 1.165) is 29.9 Å². The summed E-state index contributed by atoms with van der Waals surface area (Å²) in [4.78, 5) is 4.43. The van der Waals surface area contributed by atoms with Gasteiger partial charge < -0.3 is 9.84 Å². The van der Waals surface area contributed by atoms with Crippen LogP contribution in [0.15, 0.2) is 9.52 Å². The number of aromatic nitrogens is 1. The second-order valence-electron chi connectivity index (χ2n) is 4.46. The van der Waals surface area contributed by atoms with Gasteiger partial charge in [-0.1, -0.05) is 5.16 Å². The summed E-state index contributed by atoms with van der Waals surface area (Å²) >= 11 is 0. The number of aryl methyl sites for hydroxylation is 2. The molecule has 1 unspecified atom stereocenters. The lowest BCUT2D eigenvalue weighted by molar-refractivity contribution is 0.391. The molecule has 1 fully saturated rings. The van der Waals surface area contributed by atoms with E-state index in [1.165, 1.54) is 0 Å². The summed E-state index contributed by atoms with van der Waals surface area (Å²) in [6, 6.07) is 0.486. The zero-order valence-corrected chi connectivity index (χ0v) is 10.4. The van der Waals surface area contributed by atoms with Gasteiger partial charge in [-0.3, -0.25) is 5.43 Å². The molecule has 1 aromatic rings. The molecule has 0 spiro atoms. The zero-order valence-electron chi connectivity index (χ0n) is 10.4. The third-order valence-electron chi connectivity index (χ3n) is 2.87. The van der Waals surface area contributed by atoms with Gasteiger partial charge in [-0.2, -0.15) is 0 Å². The first-order valence-corrected chi connectivity index (χ1v) is 5.85. The van der Waals surface area contributed by atoms with E-state index in [-0.39, 0.29) is 6.04 Å². The molecule has 2 rings (SSSR count). The molecular weight excluding hydrogens is 218 g/mol. The van der Waals surface area contributed by atoms with Gasteiger partial charge in [0.1, 0.15) is 5.76 Å². The molecule has 1 atom stereocenters. The molecule has 94 valence electrons. The Labute approximate surface area is 101 Å². The van der Waals surface area contributed by atoms with Crippen LogP contribution in [0.5, 0.6) is 0 Å².